The SMILES string of the molecule is NCCC=Cc1ccc(C(F)(F)F)c(N)c1. The van der Waals surface area contributed by atoms with Crippen LogP contribution in [0.15, 0.2) is 24.3 Å². The van der Waals surface area contributed by atoms with Gasteiger partial charge in [0.25, 0.3) is 0 Å². The van der Waals surface area contributed by atoms with Gasteiger partial charge in [-0.2, -0.15) is 13.2 Å². The van der Waals surface area contributed by atoms with Crippen LogP contribution in [0.25, 0.3) is 6.08 Å². The summed E-state index contributed by atoms with van der Waals surface area (Å²) in [5.41, 5.74) is 10.2. The lowest BCUT2D eigenvalue weighted by Crippen LogP contribution is -2.08. The monoisotopic (exact) mass is 230 g/mol. The molecule has 0 aliphatic carbocycles. The number of rotatable bonds is 3. The number of benzene rings is 1. The highest BCUT2D eigenvalue weighted by atomic mass is 19.4. The Balaban J connectivity index is 2.91. The van der Waals surface area contributed by atoms with Crippen molar-refractivity contribution >= 4 is 11.8 Å². The molecule has 0 heterocycles. The van der Waals surface area contributed by atoms with Crippen LogP contribution in [0.5, 0.6) is 0 Å². The van der Waals surface area contributed by atoms with E-state index < -0.39 is 11.7 Å². The van der Waals surface area contributed by atoms with Crippen LogP contribution >= 0.6 is 0 Å². The van der Waals surface area contributed by atoms with E-state index in [0.29, 0.717) is 18.5 Å². The van der Waals surface area contributed by atoms with Crippen LogP contribution < -0.4 is 11.5 Å². The highest BCUT2D eigenvalue weighted by molar-refractivity contribution is 5.59. The summed E-state index contributed by atoms with van der Waals surface area (Å²) >= 11 is 0. The zero-order chi connectivity index (χ0) is 12.2. The van der Waals surface area contributed by atoms with Gasteiger partial charge in [0.2, 0.25) is 0 Å². The second-order valence-electron chi connectivity index (χ2n) is 3.32. The third-order valence-electron chi connectivity index (χ3n) is 2.02. The first-order valence-electron chi connectivity index (χ1n) is 4.78. The normalized spacial score (nSPS) is 12.2. The fourth-order valence-electron chi connectivity index (χ4n) is 1.26. The standard InChI is InChI=1S/C11H13F3N2/c12-11(13,14)9-5-4-8(7-10(9)16)3-1-2-6-15/h1,3-5,7H,2,6,15-16H2. The van der Waals surface area contributed by atoms with Crippen molar-refractivity contribution < 1.29 is 13.2 Å². The van der Waals surface area contributed by atoms with Crippen molar-refractivity contribution in [2.75, 3.05) is 12.3 Å². The molecule has 0 aromatic heterocycles. The van der Waals surface area contributed by atoms with E-state index in [1.54, 1.807) is 12.2 Å². The Bertz CT molecular complexity index is 383. The van der Waals surface area contributed by atoms with Gasteiger partial charge in [-0.3, -0.25) is 0 Å². The van der Waals surface area contributed by atoms with E-state index >= 15 is 0 Å². The van der Waals surface area contributed by atoms with Gasteiger partial charge in [0.05, 0.1) is 5.56 Å². The van der Waals surface area contributed by atoms with Crippen molar-refractivity contribution in [3.05, 3.63) is 35.4 Å². The summed E-state index contributed by atoms with van der Waals surface area (Å²) in [4.78, 5) is 0. The second kappa shape index (κ2) is 5.03. The Morgan fingerprint density at radius 1 is 1.25 bits per heavy atom. The van der Waals surface area contributed by atoms with Crippen molar-refractivity contribution in [1.82, 2.24) is 0 Å². The summed E-state index contributed by atoms with van der Waals surface area (Å²) in [6, 6.07) is 3.67. The molecule has 1 aromatic carbocycles. The summed E-state index contributed by atoms with van der Waals surface area (Å²) in [6.07, 6.45) is -0.226. The molecular formula is C11H13F3N2. The van der Waals surface area contributed by atoms with Crippen LogP contribution in [0.4, 0.5) is 18.9 Å². The number of hydrogen-bond donors (Lipinski definition) is 2. The summed E-state index contributed by atoms with van der Waals surface area (Å²) in [5.74, 6) is 0. The molecule has 0 unspecified atom stereocenters. The fourth-order valence-corrected chi connectivity index (χ4v) is 1.26. The number of nitrogens with two attached hydrogens (primary N) is 2. The van der Waals surface area contributed by atoms with Crippen LogP contribution in [0.3, 0.4) is 0 Å². The minimum absolute atomic E-state index is 0.262. The van der Waals surface area contributed by atoms with Gasteiger partial charge in [-0.05, 0) is 30.7 Å². The lowest BCUT2D eigenvalue weighted by atomic mass is 10.1. The smallest absolute Gasteiger partial charge is 0.398 e. The molecule has 16 heavy (non-hydrogen) atoms. The van der Waals surface area contributed by atoms with E-state index in [0.717, 1.165) is 6.07 Å². The zero-order valence-corrected chi connectivity index (χ0v) is 8.59. The molecule has 0 saturated carbocycles. The molecule has 0 spiro atoms. The van der Waals surface area contributed by atoms with Gasteiger partial charge in [0.1, 0.15) is 0 Å². The number of alkyl halides is 3. The van der Waals surface area contributed by atoms with Gasteiger partial charge in [0.15, 0.2) is 0 Å². The summed E-state index contributed by atoms with van der Waals surface area (Å²) in [5, 5.41) is 0. The van der Waals surface area contributed by atoms with Crippen molar-refractivity contribution in [3.63, 3.8) is 0 Å². The maximum absolute atomic E-state index is 12.4. The molecule has 0 aliphatic rings. The van der Waals surface area contributed by atoms with E-state index in [1.165, 1.54) is 12.1 Å². The summed E-state index contributed by atoms with van der Waals surface area (Å²) in [6.45, 7) is 0.507. The maximum atomic E-state index is 12.4. The molecule has 0 fully saturated rings. The highest BCUT2D eigenvalue weighted by Crippen LogP contribution is 2.33. The predicted molar refractivity (Wildman–Crippen MR) is 58.6 cm³/mol. The Kier molecular flexibility index (Phi) is 3.95. The summed E-state index contributed by atoms with van der Waals surface area (Å²) < 4.78 is 37.1. The Hall–Kier alpha value is -1.49. The molecule has 1 aromatic rings. The first-order chi connectivity index (χ1) is 7.45. The second-order valence-corrected chi connectivity index (χ2v) is 3.32. The molecule has 88 valence electrons. The van der Waals surface area contributed by atoms with Crippen LogP contribution in [-0.2, 0) is 6.18 Å². The van der Waals surface area contributed by atoms with Gasteiger partial charge in [-0.25, -0.2) is 0 Å². The Morgan fingerprint density at radius 2 is 1.94 bits per heavy atom. The van der Waals surface area contributed by atoms with Gasteiger partial charge in [-0.15, -0.1) is 0 Å². The molecule has 0 radical (unpaired) electrons. The van der Waals surface area contributed by atoms with Crippen LogP contribution in [0.1, 0.15) is 17.5 Å². The highest BCUT2D eigenvalue weighted by Gasteiger charge is 2.32. The van der Waals surface area contributed by atoms with E-state index in [4.69, 9.17) is 11.5 Å². The van der Waals surface area contributed by atoms with Gasteiger partial charge >= 0.3 is 6.18 Å². The topological polar surface area (TPSA) is 52.0 Å². The quantitative estimate of drug-likeness (QED) is 0.784. The molecule has 1 rings (SSSR count). The maximum Gasteiger partial charge on any atom is 0.418 e. The number of anilines is 1. The molecule has 0 saturated heterocycles. The Labute approximate surface area is 91.7 Å². The van der Waals surface area contributed by atoms with Gasteiger partial charge in [-0.1, -0.05) is 18.2 Å². The van der Waals surface area contributed by atoms with Crippen molar-refractivity contribution in [3.8, 4) is 0 Å². The molecule has 0 aliphatic heterocycles. The molecule has 2 nitrogen and oxygen atoms in total. The van der Waals surface area contributed by atoms with Gasteiger partial charge in [0, 0.05) is 5.69 Å². The van der Waals surface area contributed by atoms with E-state index in [2.05, 4.69) is 0 Å². The van der Waals surface area contributed by atoms with Crippen molar-refractivity contribution in [1.29, 1.82) is 0 Å². The zero-order valence-electron chi connectivity index (χ0n) is 8.59. The lowest BCUT2D eigenvalue weighted by Gasteiger charge is -2.09. The molecule has 0 atom stereocenters. The number of hydrogen-bond acceptors (Lipinski definition) is 2. The molecule has 5 heteroatoms. The first kappa shape index (κ1) is 12.6. The molecule has 0 bridgehead atoms. The van der Waals surface area contributed by atoms with Crippen molar-refractivity contribution in [2.24, 2.45) is 5.73 Å². The van der Waals surface area contributed by atoms with Crippen LogP contribution in [0, 0.1) is 0 Å². The molecule has 0 amide bonds. The average molecular weight is 230 g/mol. The average Bonchev–Trinajstić information content (AvgIpc) is 2.16. The van der Waals surface area contributed by atoms with Crippen LogP contribution in [0.2, 0.25) is 0 Å². The van der Waals surface area contributed by atoms with E-state index in [-0.39, 0.29) is 5.69 Å². The van der Waals surface area contributed by atoms with Crippen molar-refractivity contribution in [2.45, 2.75) is 12.6 Å². The third-order valence-corrected chi connectivity index (χ3v) is 2.02. The fraction of sp³-hybridized carbons (Fsp3) is 0.273. The Morgan fingerprint density at radius 3 is 2.44 bits per heavy atom. The van der Waals surface area contributed by atoms with E-state index in [1.807, 2.05) is 0 Å². The van der Waals surface area contributed by atoms with E-state index in [9.17, 15) is 13.2 Å². The van der Waals surface area contributed by atoms with Crippen LogP contribution in [-0.4, -0.2) is 6.54 Å². The number of halogens is 3. The first-order valence-corrected chi connectivity index (χ1v) is 4.78. The third kappa shape index (κ3) is 3.27. The lowest BCUT2D eigenvalue weighted by molar-refractivity contribution is -0.136. The molecular weight excluding hydrogens is 217 g/mol. The minimum Gasteiger partial charge on any atom is -0.398 e. The summed E-state index contributed by atoms with van der Waals surface area (Å²) in [7, 11) is 0. The minimum atomic E-state index is -4.40. The predicted octanol–water partition coefficient (Wildman–Crippen LogP) is 2.65. The van der Waals surface area contributed by atoms with Gasteiger partial charge < -0.3 is 11.5 Å². The number of nitrogen functional groups attached to an aromatic ring is 1. The largest absolute Gasteiger partial charge is 0.418 e. The molecule has 4 N–H and O–H groups in total.